The number of nitrogens with one attached hydrogen (secondary N) is 1. The van der Waals surface area contributed by atoms with Crippen molar-refractivity contribution in [2.45, 2.75) is 26.4 Å². The van der Waals surface area contributed by atoms with Crippen LogP contribution in [0.15, 0.2) is 23.6 Å². The van der Waals surface area contributed by atoms with Gasteiger partial charge in [-0.15, -0.1) is 11.3 Å². The number of aryl methyl sites for hydroxylation is 1. The fourth-order valence-corrected chi connectivity index (χ4v) is 2.71. The molecular weight excluding hydrogens is 300 g/mol. The molecule has 2 aromatic rings. The highest BCUT2D eigenvalue weighted by molar-refractivity contribution is 7.09. The molecule has 0 bridgehead atoms. The minimum absolute atomic E-state index is 0.0179. The molecule has 1 atom stereocenters. The first kappa shape index (κ1) is 16.7. The highest BCUT2D eigenvalue weighted by Gasteiger charge is 2.11. The first-order chi connectivity index (χ1) is 10.6. The summed E-state index contributed by atoms with van der Waals surface area (Å²) in [7, 11) is 1.61. The standard InChI is InChI=1S/C16H22N2O3S/c1-11(17-9-14-10-22-12(2)18-14)13-4-5-15(21-7-6-19)16(8-13)20-3/h4-5,8,10-11,17,19H,6-7,9H2,1-3H3. The molecule has 120 valence electrons. The van der Waals surface area contributed by atoms with Gasteiger partial charge in [-0.05, 0) is 31.5 Å². The van der Waals surface area contributed by atoms with Crippen LogP contribution in [0.3, 0.4) is 0 Å². The quantitative estimate of drug-likeness (QED) is 0.782. The minimum atomic E-state index is -0.0179. The molecule has 1 aromatic carbocycles. The van der Waals surface area contributed by atoms with E-state index in [1.54, 1.807) is 18.4 Å². The SMILES string of the molecule is COc1cc(C(C)NCc2csc(C)n2)ccc1OCCO. The second kappa shape index (κ2) is 8.12. The van der Waals surface area contributed by atoms with Crippen molar-refractivity contribution in [1.82, 2.24) is 10.3 Å². The first-order valence-electron chi connectivity index (χ1n) is 7.20. The maximum atomic E-state index is 8.83. The van der Waals surface area contributed by atoms with Gasteiger partial charge >= 0.3 is 0 Å². The van der Waals surface area contributed by atoms with Crippen molar-refractivity contribution < 1.29 is 14.6 Å². The molecule has 0 saturated heterocycles. The fourth-order valence-electron chi connectivity index (χ4n) is 2.09. The van der Waals surface area contributed by atoms with Gasteiger partial charge in [-0.3, -0.25) is 0 Å². The van der Waals surface area contributed by atoms with E-state index in [0.717, 1.165) is 22.8 Å². The molecule has 0 saturated carbocycles. The summed E-state index contributed by atoms with van der Waals surface area (Å²) >= 11 is 1.66. The maximum absolute atomic E-state index is 8.83. The summed E-state index contributed by atoms with van der Waals surface area (Å²) < 4.78 is 10.8. The number of methoxy groups -OCH3 is 1. The molecule has 1 heterocycles. The predicted octanol–water partition coefficient (Wildman–Crippen LogP) is 2.68. The van der Waals surface area contributed by atoms with E-state index < -0.39 is 0 Å². The third-order valence-electron chi connectivity index (χ3n) is 3.29. The van der Waals surface area contributed by atoms with E-state index >= 15 is 0 Å². The number of hydrogen-bond donors (Lipinski definition) is 2. The van der Waals surface area contributed by atoms with Crippen LogP contribution in [0.5, 0.6) is 11.5 Å². The molecule has 0 aliphatic carbocycles. The number of nitrogens with zero attached hydrogens (tertiary/aromatic N) is 1. The lowest BCUT2D eigenvalue weighted by atomic mass is 10.1. The van der Waals surface area contributed by atoms with Gasteiger partial charge in [0.15, 0.2) is 11.5 Å². The van der Waals surface area contributed by atoms with Crippen molar-refractivity contribution in [3.05, 3.63) is 39.8 Å². The summed E-state index contributed by atoms with van der Waals surface area (Å²) in [5.74, 6) is 1.31. The van der Waals surface area contributed by atoms with Crippen molar-refractivity contribution in [3.8, 4) is 11.5 Å². The zero-order chi connectivity index (χ0) is 15.9. The Hall–Kier alpha value is -1.63. The van der Waals surface area contributed by atoms with Gasteiger partial charge in [-0.2, -0.15) is 0 Å². The number of aromatic nitrogens is 1. The average molecular weight is 322 g/mol. The van der Waals surface area contributed by atoms with Gasteiger partial charge in [0.1, 0.15) is 6.61 Å². The highest BCUT2D eigenvalue weighted by atomic mass is 32.1. The Labute approximate surface area is 134 Å². The van der Waals surface area contributed by atoms with Crippen LogP contribution in [0.4, 0.5) is 0 Å². The van der Waals surface area contributed by atoms with Crippen LogP contribution in [0.2, 0.25) is 0 Å². The monoisotopic (exact) mass is 322 g/mol. The molecule has 22 heavy (non-hydrogen) atoms. The highest BCUT2D eigenvalue weighted by Crippen LogP contribution is 2.30. The predicted molar refractivity (Wildman–Crippen MR) is 87.7 cm³/mol. The van der Waals surface area contributed by atoms with E-state index in [-0.39, 0.29) is 19.3 Å². The van der Waals surface area contributed by atoms with Gasteiger partial charge in [0.2, 0.25) is 0 Å². The summed E-state index contributed by atoms with van der Waals surface area (Å²) in [5, 5.41) is 15.4. The number of benzene rings is 1. The lowest BCUT2D eigenvalue weighted by molar-refractivity contribution is 0.196. The van der Waals surface area contributed by atoms with Gasteiger partial charge in [0, 0.05) is 18.0 Å². The smallest absolute Gasteiger partial charge is 0.161 e. The Morgan fingerprint density at radius 3 is 2.82 bits per heavy atom. The van der Waals surface area contributed by atoms with E-state index in [0.29, 0.717) is 11.5 Å². The third-order valence-corrected chi connectivity index (χ3v) is 4.11. The van der Waals surface area contributed by atoms with Gasteiger partial charge in [0.05, 0.1) is 24.4 Å². The lowest BCUT2D eigenvalue weighted by Gasteiger charge is -2.16. The Morgan fingerprint density at radius 1 is 1.36 bits per heavy atom. The first-order valence-corrected chi connectivity index (χ1v) is 8.08. The Morgan fingerprint density at radius 2 is 2.18 bits per heavy atom. The van der Waals surface area contributed by atoms with Crippen molar-refractivity contribution in [2.75, 3.05) is 20.3 Å². The Kier molecular flexibility index (Phi) is 6.18. The van der Waals surface area contributed by atoms with E-state index in [9.17, 15) is 0 Å². The molecule has 0 aliphatic heterocycles. The van der Waals surface area contributed by atoms with Crippen molar-refractivity contribution in [3.63, 3.8) is 0 Å². The van der Waals surface area contributed by atoms with Gasteiger partial charge in [-0.1, -0.05) is 6.07 Å². The van der Waals surface area contributed by atoms with Crippen LogP contribution in [0.1, 0.15) is 29.2 Å². The van der Waals surface area contributed by atoms with Crippen molar-refractivity contribution in [1.29, 1.82) is 0 Å². The summed E-state index contributed by atoms with van der Waals surface area (Å²) in [6.07, 6.45) is 0. The van der Waals surface area contributed by atoms with E-state index in [1.165, 1.54) is 0 Å². The van der Waals surface area contributed by atoms with Crippen LogP contribution in [0.25, 0.3) is 0 Å². The summed E-state index contributed by atoms with van der Waals surface area (Å²) in [4.78, 5) is 4.45. The topological polar surface area (TPSA) is 63.6 Å². The van der Waals surface area contributed by atoms with E-state index in [4.69, 9.17) is 14.6 Å². The van der Waals surface area contributed by atoms with Gasteiger partial charge < -0.3 is 19.9 Å². The minimum Gasteiger partial charge on any atom is -0.493 e. The van der Waals surface area contributed by atoms with Crippen LogP contribution in [-0.4, -0.2) is 30.4 Å². The van der Waals surface area contributed by atoms with Gasteiger partial charge in [0.25, 0.3) is 0 Å². The number of thiazole rings is 1. The molecule has 0 radical (unpaired) electrons. The second-order valence-corrected chi connectivity index (χ2v) is 6.01. The Bertz CT molecular complexity index is 601. The summed E-state index contributed by atoms with van der Waals surface area (Å²) in [6, 6.07) is 5.99. The van der Waals surface area contributed by atoms with Crippen LogP contribution in [0, 0.1) is 6.92 Å². The molecule has 0 aliphatic rings. The average Bonchev–Trinajstić information content (AvgIpc) is 2.95. The van der Waals surface area contributed by atoms with Crippen LogP contribution < -0.4 is 14.8 Å². The van der Waals surface area contributed by atoms with E-state index in [1.807, 2.05) is 25.1 Å². The Balaban J connectivity index is 2.01. The number of aliphatic hydroxyl groups is 1. The third kappa shape index (κ3) is 4.43. The summed E-state index contributed by atoms with van der Waals surface area (Å²) in [5.41, 5.74) is 2.17. The zero-order valence-corrected chi connectivity index (χ0v) is 13.9. The molecule has 2 N–H and O–H groups in total. The normalized spacial score (nSPS) is 12.2. The molecule has 1 aromatic heterocycles. The van der Waals surface area contributed by atoms with Gasteiger partial charge in [-0.25, -0.2) is 4.98 Å². The van der Waals surface area contributed by atoms with E-state index in [2.05, 4.69) is 22.6 Å². The largest absolute Gasteiger partial charge is 0.493 e. The molecule has 2 rings (SSSR count). The molecule has 6 heteroatoms. The molecular formula is C16H22N2O3S. The molecule has 5 nitrogen and oxygen atoms in total. The number of aliphatic hydroxyl groups excluding tert-OH is 1. The number of hydrogen-bond acceptors (Lipinski definition) is 6. The molecule has 1 unspecified atom stereocenters. The molecule has 0 spiro atoms. The fraction of sp³-hybridized carbons (Fsp3) is 0.438. The van der Waals surface area contributed by atoms with Crippen molar-refractivity contribution in [2.24, 2.45) is 0 Å². The number of ether oxygens (including phenoxy) is 2. The summed E-state index contributed by atoms with van der Waals surface area (Å²) in [6.45, 7) is 5.08. The van der Waals surface area contributed by atoms with Crippen LogP contribution in [-0.2, 0) is 6.54 Å². The molecule has 0 amide bonds. The number of rotatable bonds is 8. The molecule has 0 fully saturated rings. The lowest BCUT2D eigenvalue weighted by Crippen LogP contribution is -2.18. The second-order valence-electron chi connectivity index (χ2n) is 4.94. The zero-order valence-electron chi connectivity index (χ0n) is 13.1. The van der Waals surface area contributed by atoms with Crippen LogP contribution >= 0.6 is 11.3 Å². The maximum Gasteiger partial charge on any atom is 0.161 e. The van der Waals surface area contributed by atoms with Crippen molar-refractivity contribution >= 4 is 11.3 Å².